The number of nitrogens with zero attached hydrogens (tertiary/aromatic N) is 2. The maximum absolute atomic E-state index is 12.1. The molecule has 7 nitrogen and oxygen atoms in total. The van der Waals surface area contributed by atoms with Crippen molar-refractivity contribution in [1.82, 2.24) is 14.5 Å². The molecule has 1 aromatic heterocycles. The number of hydrogen-bond acceptors (Lipinski definition) is 4. The first-order valence-electron chi connectivity index (χ1n) is 6.15. The molecule has 0 aliphatic carbocycles. The molecule has 0 aromatic carbocycles. The zero-order chi connectivity index (χ0) is 14.4. The van der Waals surface area contributed by atoms with Crippen LogP contribution in [0, 0.1) is 0 Å². The Bertz CT molecular complexity index is 532. The van der Waals surface area contributed by atoms with Crippen LogP contribution in [0.2, 0.25) is 0 Å². The lowest BCUT2D eigenvalue weighted by molar-refractivity contribution is -0.133. The average Bonchev–Trinajstić information content (AvgIpc) is 2.33. The third-order valence-corrected chi connectivity index (χ3v) is 2.70. The molecular weight excluding hydrogens is 250 g/mol. The van der Waals surface area contributed by atoms with Crippen molar-refractivity contribution in [2.75, 3.05) is 13.2 Å². The van der Waals surface area contributed by atoms with Gasteiger partial charge in [-0.1, -0.05) is 0 Å². The van der Waals surface area contributed by atoms with E-state index in [9.17, 15) is 14.4 Å². The summed E-state index contributed by atoms with van der Waals surface area (Å²) in [6.07, 6.45) is 1.79. The predicted octanol–water partition coefficient (Wildman–Crippen LogP) is -0.844. The Kier molecular flexibility index (Phi) is 5.50. The van der Waals surface area contributed by atoms with E-state index in [2.05, 4.69) is 4.98 Å². The number of carbonyl (C=O) groups is 1. The van der Waals surface area contributed by atoms with Crippen LogP contribution < -0.4 is 11.2 Å². The molecule has 0 spiro atoms. The number of aliphatic hydroxyl groups is 1. The first-order valence-corrected chi connectivity index (χ1v) is 6.15. The average molecular weight is 269 g/mol. The van der Waals surface area contributed by atoms with Crippen LogP contribution in [0.1, 0.15) is 20.3 Å². The highest BCUT2D eigenvalue weighted by molar-refractivity contribution is 5.76. The minimum Gasteiger partial charge on any atom is -0.396 e. The van der Waals surface area contributed by atoms with Gasteiger partial charge in [0.2, 0.25) is 5.91 Å². The molecule has 0 fully saturated rings. The van der Waals surface area contributed by atoms with Gasteiger partial charge in [-0.05, 0) is 20.3 Å². The summed E-state index contributed by atoms with van der Waals surface area (Å²) in [6, 6.07) is 1.18. The van der Waals surface area contributed by atoms with Crippen molar-refractivity contribution >= 4 is 5.91 Å². The molecule has 0 aliphatic heterocycles. The van der Waals surface area contributed by atoms with Crippen LogP contribution >= 0.6 is 0 Å². The van der Waals surface area contributed by atoms with Crippen molar-refractivity contribution < 1.29 is 9.90 Å². The Morgan fingerprint density at radius 3 is 2.68 bits per heavy atom. The molecule has 106 valence electrons. The van der Waals surface area contributed by atoms with Crippen LogP contribution in [0.5, 0.6) is 0 Å². The number of carbonyl (C=O) groups excluding carboxylic acids is 1. The zero-order valence-electron chi connectivity index (χ0n) is 11.1. The Balaban J connectivity index is 2.81. The molecule has 1 aromatic rings. The van der Waals surface area contributed by atoms with E-state index < -0.39 is 11.2 Å². The van der Waals surface area contributed by atoms with Gasteiger partial charge in [-0.25, -0.2) is 4.79 Å². The van der Waals surface area contributed by atoms with Gasteiger partial charge in [0.05, 0.1) is 0 Å². The predicted molar refractivity (Wildman–Crippen MR) is 69.9 cm³/mol. The lowest BCUT2D eigenvalue weighted by atomic mass is 10.2. The molecule has 7 heteroatoms. The number of amides is 1. The number of nitrogens with one attached hydrogen (secondary N) is 1. The molecule has 0 bridgehead atoms. The van der Waals surface area contributed by atoms with Crippen LogP contribution in [-0.4, -0.2) is 44.7 Å². The molecule has 0 unspecified atom stereocenters. The van der Waals surface area contributed by atoms with Crippen molar-refractivity contribution in [2.24, 2.45) is 0 Å². The molecule has 1 heterocycles. The van der Waals surface area contributed by atoms with Crippen molar-refractivity contribution in [3.63, 3.8) is 0 Å². The Hall–Kier alpha value is -1.89. The maximum Gasteiger partial charge on any atom is 0.328 e. The van der Waals surface area contributed by atoms with E-state index in [0.29, 0.717) is 13.0 Å². The van der Waals surface area contributed by atoms with Gasteiger partial charge in [0, 0.05) is 31.5 Å². The number of aliphatic hydroxyl groups excluding tert-OH is 1. The number of hydrogen-bond donors (Lipinski definition) is 2. The highest BCUT2D eigenvalue weighted by Crippen LogP contribution is 2.01. The van der Waals surface area contributed by atoms with E-state index in [1.165, 1.54) is 12.3 Å². The van der Waals surface area contributed by atoms with Gasteiger partial charge in [0.15, 0.2) is 0 Å². The number of aromatic amines is 1. The van der Waals surface area contributed by atoms with Crippen LogP contribution in [-0.2, 0) is 11.3 Å². The smallest absolute Gasteiger partial charge is 0.328 e. The van der Waals surface area contributed by atoms with E-state index in [1.54, 1.807) is 4.90 Å². The summed E-state index contributed by atoms with van der Waals surface area (Å²) < 4.78 is 1.15. The maximum atomic E-state index is 12.1. The second kappa shape index (κ2) is 6.89. The molecule has 0 radical (unpaired) electrons. The second-order valence-electron chi connectivity index (χ2n) is 4.50. The fraction of sp³-hybridized carbons (Fsp3) is 0.583. The summed E-state index contributed by atoms with van der Waals surface area (Å²) in [7, 11) is 0. The highest BCUT2D eigenvalue weighted by Gasteiger charge is 2.17. The number of aromatic nitrogens is 2. The van der Waals surface area contributed by atoms with E-state index in [1.807, 2.05) is 13.8 Å². The summed E-state index contributed by atoms with van der Waals surface area (Å²) >= 11 is 0. The molecule has 0 atom stereocenters. The van der Waals surface area contributed by atoms with Gasteiger partial charge in [-0.3, -0.25) is 19.1 Å². The number of rotatable bonds is 6. The lowest BCUT2D eigenvalue weighted by Crippen LogP contribution is -2.42. The first kappa shape index (κ1) is 15.2. The number of H-pyrrole nitrogens is 1. The van der Waals surface area contributed by atoms with Crippen LogP contribution in [0.3, 0.4) is 0 Å². The minimum absolute atomic E-state index is 0.00903. The van der Waals surface area contributed by atoms with Crippen LogP contribution in [0.15, 0.2) is 21.9 Å². The summed E-state index contributed by atoms with van der Waals surface area (Å²) in [5.41, 5.74) is -1.10. The fourth-order valence-electron chi connectivity index (χ4n) is 1.72. The Labute approximate surface area is 110 Å². The third kappa shape index (κ3) is 4.36. The minimum atomic E-state index is -0.605. The van der Waals surface area contributed by atoms with Gasteiger partial charge in [0.25, 0.3) is 5.56 Å². The van der Waals surface area contributed by atoms with E-state index in [0.717, 1.165) is 4.57 Å². The highest BCUT2D eigenvalue weighted by atomic mass is 16.3. The summed E-state index contributed by atoms with van der Waals surface area (Å²) in [5, 5.41) is 8.81. The molecule has 19 heavy (non-hydrogen) atoms. The van der Waals surface area contributed by atoms with Crippen molar-refractivity contribution in [1.29, 1.82) is 0 Å². The summed E-state index contributed by atoms with van der Waals surface area (Å²) in [5.74, 6) is -0.224. The Morgan fingerprint density at radius 1 is 1.47 bits per heavy atom. The standard InChI is InChI=1S/C12H19N3O4/c1-9(2)15(5-3-7-16)11(18)8-14-6-4-10(17)13-12(14)19/h4,6,9,16H,3,5,7-8H2,1-2H3,(H,13,17,19). The normalized spacial score (nSPS) is 10.7. The van der Waals surface area contributed by atoms with Crippen LogP contribution in [0.25, 0.3) is 0 Å². The molecular formula is C12H19N3O4. The second-order valence-corrected chi connectivity index (χ2v) is 4.50. The summed E-state index contributed by atoms with van der Waals surface area (Å²) in [6.45, 7) is 4.05. The third-order valence-electron chi connectivity index (χ3n) is 2.70. The topological polar surface area (TPSA) is 95.4 Å². The zero-order valence-corrected chi connectivity index (χ0v) is 11.1. The van der Waals surface area contributed by atoms with Gasteiger partial charge in [-0.2, -0.15) is 0 Å². The van der Waals surface area contributed by atoms with Crippen molar-refractivity contribution in [3.05, 3.63) is 33.1 Å². The molecule has 2 N–H and O–H groups in total. The van der Waals surface area contributed by atoms with Gasteiger partial charge < -0.3 is 10.0 Å². The molecule has 0 saturated heterocycles. The quantitative estimate of drug-likeness (QED) is 0.703. The van der Waals surface area contributed by atoms with E-state index in [4.69, 9.17) is 5.11 Å². The first-order chi connectivity index (χ1) is 8.95. The van der Waals surface area contributed by atoms with Crippen molar-refractivity contribution in [3.8, 4) is 0 Å². The monoisotopic (exact) mass is 269 g/mol. The molecule has 1 rings (SSSR count). The molecule has 0 aliphatic rings. The van der Waals surface area contributed by atoms with Crippen molar-refractivity contribution in [2.45, 2.75) is 32.9 Å². The van der Waals surface area contributed by atoms with Gasteiger partial charge in [-0.15, -0.1) is 0 Å². The van der Waals surface area contributed by atoms with Crippen LogP contribution in [0.4, 0.5) is 0 Å². The summed E-state index contributed by atoms with van der Waals surface area (Å²) in [4.78, 5) is 38.2. The SMILES string of the molecule is CC(C)N(CCCO)C(=O)Cn1ccc(=O)[nH]c1=O. The largest absolute Gasteiger partial charge is 0.396 e. The van der Waals surface area contributed by atoms with Gasteiger partial charge in [0.1, 0.15) is 6.54 Å². The van der Waals surface area contributed by atoms with E-state index >= 15 is 0 Å². The fourth-order valence-corrected chi connectivity index (χ4v) is 1.72. The van der Waals surface area contributed by atoms with E-state index in [-0.39, 0.29) is 25.1 Å². The Morgan fingerprint density at radius 2 is 2.16 bits per heavy atom. The van der Waals surface area contributed by atoms with Gasteiger partial charge >= 0.3 is 5.69 Å². The molecule has 1 amide bonds. The lowest BCUT2D eigenvalue weighted by Gasteiger charge is -2.26. The molecule has 0 saturated carbocycles.